The highest BCUT2D eigenvalue weighted by molar-refractivity contribution is 5.72. The van der Waals surface area contributed by atoms with Crippen molar-refractivity contribution < 1.29 is 9.53 Å². The zero-order valence-corrected chi connectivity index (χ0v) is 9.69. The summed E-state index contributed by atoms with van der Waals surface area (Å²) >= 11 is 0. The first-order valence-electron chi connectivity index (χ1n) is 5.58. The van der Waals surface area contributed by atoms with Gasteiger partial charge in [0.2, 0.25) is 0 Å². The molecule has 2 atom stereocenters. The summed E-state index contributed by atoms with van der Waals surface area (Å²) < 4.78 is 5.30. The molecule has 84 valence electrons. The number of esters is 1. The normalized spacial score (nSPS) is 29.8. The lowest BCUT2D eigenvalue weighted by Gasteiger charge is -2.25. The van der Waals surface area contributed by atoms with E-state index < -0.39 is 0 Å². The third kappa shape index (κ3) is 2.59. The van der Waals surface area contributed by atoms with Gasteiger partial charge in [-0.1, -0.05) is 12.2 Å². The van der Waals surface area contributed by atoms with Crippen LogP contribution in [0.25, 0.3) is 0 Å². The summed E-state index contributed by atoms with van der Waals surface area (Å²) in [6.07, 6.45) is 5.65. The van der Waals surface area contributed by atoms with Crippen molar-refractivity contribution in [1.29, 1.82) is 0 Å². The Balaban J connectivity index is 1.83. The molecule has 3 heteroatoms. The van der Waals surface area contributed by atoms with Crippen molar-refractivity contribution in [2.45, 2.75) is 38.8 Å². The molecule has 1 aliphatic carbocycles. The number of fused-ring (bicyclic) bond motifs is 2. The SMILES string of the molecule is CC(C)(C)OC(=O)CN1C[C@H]2C=C[C@@H]1C2. The highest BCUT2D eigenvalue weighted by Gasteiger charge is 2.35. The van der Waals surface area contributed by atoms with Gasteiger partial charge >= 0.3 is 5.97 Å². The zero-order chi connectivity index (χ0) is 11.1. The third-order valence-corrected chi connectivity index (χ3v) is 2.84. The zero-order valence-electron chi connectivity index (χ0n) is 9.69. The molecule has 1 heterocycles. The molecule has 0 aromatic rings. The minimum absolute atomic E-state index is 0.108. The Morgan fingerprint density at radius 2 is 2.20 bits per heavy atom. The van der Waals surface area contributed by atoms with Crippen molar-refractivity contribution in [3.8, 4) is 0 Å². The largest absolute Gasteiger partial charge is 0.459 e. The summed E-state index contributed by atoms with van der Waals surface area (Å²) in [5.41, 5.74) is -0.369. The van der Waals surface area contributed by atoms with Gasteiger partial charge in [-0.3, -0.25) is 9.69 Å². The molecule has 1 aliphatic heterocycles. The van der Waals surface area contributed by atoms with E-state index in [0.29, 0.717) is 18.5 Å². The van der Waals surface area contributed by atoms with Gasteiger partial charge in [-0.15, -0.1) is 0 Å². The Morgan fingerprint density at radius 1 is 1.47 bits per heavy atom. The fourth-order valence-electron chi connectivity index (χ4n) is 2.32. The highest BCUT2D eigenvalue weighted by Crippen LogP contribution is 2.31. The fraction of sp³-hybridized carbons (Fsp3) is 0.750. The quantitative estimate of drug-likeness (QED) is 0.511. The summed E-state index contributed by atoms with van der Waals surface area (Å²) in [5, 5.41) is 0. The maximum Gasteiger partial charge on any atom is 0.320 e. The number of carbonyl (C=O) groups excluding carboxylic acids is 1. The highest BCUT2D eigenvalue weighted by atomic mass is 16.6. The van der Waals surface area contributed by atoms with E-state index in [4.69, 9.17) is 4.74 Å². The average Bonchev–Trinajstić information content (AvgIpc) is 2.60. The molecular weight excluding hydrogens is 190 g/mol. The van der Waals surface area contributed by atoms with Crippen molar-refractivity contribution in [2.24, 2.45) is 5.92 Å². The average molecular weight is 209 g/mol. The van der Waals surface area contributed by atoms with E-state index in [0.717, 1.165) is 6.54 Å². The predicted molar refractivity (Wildman–Crippen MR) is 58.5 cm³/mol. The van der Waals surface area contributed by atoms with Crippen molar-refractivity contribution in [3.63, 3.8) is 0 Å². The van der Waals surface area contributed by atoms with Gasteiger partial charge in [0.25, 0.3) is 0 Å². The van der Waals surface area contributed by atoms with E-state index in [1.807, 2.05) is 20.8 Å². The Kier molecular flexibility index (Phi) is 2.59. The number of nitrogens with zero attached hydrogens (tertiary/aromatic N) is 1. The molecule has 2 rings (SSSR count). The van der Waals surface area contributed by atoms with E-state index in [9.17, 15) is 4.79 Å². The minimum Gasteiger partial charge on any atom is -0.459 e. The van der Waals surface area contributed by atoms with Crippen molar-refractivity contribution >= 4 is 5.97 Å². The van der Waals surface area contributed by atoms with Crippen LogP contribution in [-0.2, 0) is 9.53 Å². The predicted octanol–water partition coefficient (Wildman–Crippen LogP) is 1.59. The van der Waals surface area contributed by atoms with Crippen LogP contribution >= 0.6 is 0 Å². The second-order valence-corrected chi connectivity index (χ2v) is 5.46. The fourth-order valence-corrected chi connectivity index (χ4v) is 2.32. The van der Waals surface area contributed by atoms with Gasteiger partial charge in [0, 0.05) is 12.6 Å². The topological polar surface area (TPSA) is 29.5 Å². The number of ether oxygens (including phenoxy) is 1. The number of likely N-dealkylation sites (tertiary alicyclic amines) is 1. The molecule has 0 aromatic carbocycles. The minimum atomic E-state index is -0.369. The molecule has 2 aliphatic rings. The van der Waals surface area contributed by atoms with Gasteiger partial charge in [0.05, 0.1) is 6.54 Å². The molecule has 1 fully saturated rings. The molecule has 0 N–H and O–H groups in total. The summed E-state index contributed by atoms with van der Waals surface area (Å²) in [7, 11) is 0. The number of carbonyl (C=O) groups is 1. The van der Waals surface area contributed by atoms with Crippen LogP contribution in [0.5, 0.6) is 0 Å². The van der Waals surface area contributed by atoms with Crippen LogP contribution in [0, 0.1) is 5.92 Å². The lowest BCUT2D eigenvalue weighted by molar-refractivity contribution is -0.156. The Labute approximate surface area is 91.1 Å². The van der Waals surface area contributed by atoms with Crippen LogP contribution in [-0.4, -0.2) is 35.6 Å². The molecule has 15 heavy (non-hydrogen) atoms. The van der Waals surface area contributed by atoms with E-state index in [1.54, 1.807) is 0 Å². The van der Waals surface area contributed by atoms with Crippen molar-refractivity contribution in [3.05, 3.63) is 12.2 Å². The molecule has 2 bridgehead atoms. The van der Waals surface area contributed by atoms with Crippen LogP contribution < -0.4 is 0 Å². The molecular formula is C12H19NO2. The Bertz CT molecular complexity index is 290. The van der Waals surface area contributed by atoms with Crippen molar-refractivity contribution in [1.82, 2.24) is 4.90 Å². The summed E-state index contributed by atoms with van der Waals surface area (Å²) in [6, 6.07) is 0.475. The van der Waals surface area contributed by atoms with Gasteiger partial charge in [0.15, 0.2) is 0 Å². The van der Waals surface area contributed by atoms with E-state index in [2.05, 4.69) is 17.1 Å². The molecule has 3 nitrogen and oxygen atoms in total. The third-order valence-electron chi connectivity index (χ3n) is 2.84. The number of rotatable bonds is 2. The van der Waals surface area contributed by atoms with Gasteiger partial charge in [-0.05, 0) is 33.1 Å². The Hall–Kier alpha value is -0.830. The molecule has 0 aromatic heterocycles. The molecule has 0 spiro atoms. The second kappa shape index (κ2) is 3.63. The first kappa shape index (κ1) is 10.7. The summed E-state index contributed by atoms with van der Waals surface area (Å²) in [6.45, 7) is 7.16. The van der Waals surface area contributed by atoms with Crippen LogP contribution in [0.2, 0.25) is 0 Å². The number of hydrogen-bond donors (Lipinski definition) is 0. The van der Waals surface area contributed by atoms with Gasteiger partial charge in [-0.2, -0.15) is 0 Å². The van der Waals surface area contributed by atoms with Gasteiger partial charge in [-0.25, -0.2) is 0 Å². The molecule has 0 radical (unpaired) electrons. The maximum atomic E-state index is 11.6. The maximum absolute atomic E-state index is 11.6. The first-order chi connectivity index (χ1) is 6.94. The summed E-state index contributed by atoms with van der Waals surface area (Å²) in [5.74, 6) is 0.556. The van der Waals surface area contributed by atoms with Crippen molar-refractivity contribution in [2.75, 3.05) is 13.1 Å². The first-order valence-corrected chi connectivity index (χ1v) is 5.58. The standard InChI is InChI=1S/C12H19NO2/c1-12(2,3)15-11(14)8-13-7-9-4-5-10(13)6-9/h4-5,9-10H,6-8H2,1-3H3/t9-,10+/m0/s1. The molecule has 0 saturated carbocycles. The van der Waals surface area contributed by atoms with E-state index in [1.165, 1.54) is 6.42 Å². The molecule has 0 unspecified atom stereocenters. The van der Waals surface area contributed by atoms with Crippen LogP contribution in [0.3, 0.4) is 0 Å². The Morgan fingerprint density at radius 3 is 2.67 bits per heavy atom. The van der Waals surface area contributed by atoms with Gasteiger partial charge < -0.3 is 4.74 Å². The van der Waals surface area contributed by atoms with E-state index in [-0.39, 0.29) is 11.6 Å². The summed E-state index contributed by atoms with van der Waals surface area (Å²) in [4.78, 5) is 13.8. The number of hydrogen-bond acceptors (Lipinski definition) is 3. The van der Waals surface area contributed by atoms with Crippen LogP contribution in [0.4, 0.5) is 0 Å². The monoisotopic (exact) mass is 209 g/mol. The van der Waals surface area contributed by atoms with Crippen LogP contribution in [0.15, 0.2) is 12.2 Å². The van der Waals surface area contributed by atoms with Crippen LogP contribution in [0.1, 0.15) is 27.2 Å². The molecule has 0 amide bonds. The van der Waals surface area contributed by atoms with E-state index >= 15 is 0 Å². The second-order valence-electron chi connectivity index (χ2n) is 5.46. The molecule has 1 saturated heterocycles. The lowest BCUT2D eigenvalue weighted by atomic mass is 10.2. The van der Waals surface area contributed by atoms with Gasteiger partial charge in [0.1, 0.15) is 5.60 Å². The lowest BCUT2D eigenvalue weighted by Crippen LogP contribution is -2.38. The smallest absolute Gasteiger partial charge is 0.320 e.